The molecule has 0 saturated carbocycles. The fourth-order valence-electron chi connectivity index (χ4n) is 4.19. The number of rotatable bonds is 7. The molecule has 5 aromatic rings. The first-order valence-corrected chi connectivity index (χ1v) is 14.2. The van der Waals surface area contributed by atoms with Crippen molar-refractivity contribution in [2.45, 2.75) is 13.1 Å². The second kappa shape index (κ2) is 13.1. The lowest BCUT2D eigenvalue weighted by atomic mass is 10.1. The van der Waals surface area contributed by atoms with Gasteiger partial charge in [-0.25, -0.2) is 14.6 Å². The van der Waals surface area contributed by atoms with Gasteiger partial charge in [0.1, 0.15) is 5.75 Å². The van der Waals surface area contributed by atoms with Gasteiger partial charge in [0, 0.05) is 22.5 Å². The van der Waals surface area contributed by atoms with Gasteiger partial charge < -0.3 is 20.1 Å². The highest BCUT2D eigenvalue weighted by molar-refractivity contribution is 7.22. The van der Waals surface area contributed by atoms with Crippen molar-refractivity contribution in [1.29, 1.82) is 0 Å². The number of nitrogens with one attached hydrogen (secondary N) is 3. The number of hydrogen-bond acceptors (Lipinski definition) is 8. The summed E-state index contributed by atoms with van der Waals surface area (Å²) in [4.78, 5) is 54.0. The molecule has 0 radical (unpaired) electrons. The molecule has 0 unspecified atom stereocenters. The summed E-state index contributed by atoms with van der Waals surface area (Å²) in [5.41, 5.74) is 1.31. The SMILES string of the molecule is COC(=O)c1ccc(OC(=O)Nc2nc3ccc(C(=O)Nc4cc(NC(=O)c5cccc(C(F)(F)F)c5)ccc4C)cc3s2)cc1. The fourth-order valence-corrected chi connectivity index (χ4v) is 5.08. The van der Waals surface area contributed by atoms with E-state index in [1.807, 2.05) is 0 Å². The first-order chi connectivity index (χ1) is 21.9. The van der Waals surface area contributed by atoms with Crippen molar-refractivity contribution >= 4 is 61.9 Å². The number of aryl methyl sites for hydroxylation is 1. The van der Waals surface area contributed by atoms with E-state index >= 15 is 0 Å². The van der Waals surface area contributed by atoms with Crippen molar-refractivity contribution in [3.05, 3.63) is 113 Å². The van der Waals surface area contributed by atoms with Crippen LogP contribution >= 0.6 is 11.3 Å². The zero-order valence-corrected chi connectivity index (χ0v) is 24.8. The molecule has 0 aliphatic rings. The van der Waals surface area contributed by atoms with Crippen LogP contribution in [0.4, 0.5) is 34.5 Å². The van der Waals surface area contributed by atoms with Crippen LogP contribution in [0.25, 0.3) is 10.2 Å². The molecule has 1 aromatic heterocycles. The normalized spacial score (nSPS) is 11.1. The maximum atomic E-state index is 13.1. The van der Waals surface area contributed by atoms with Crippen LogP contribution in [0.15, 0.2) is 84.9 Å². The number of nitrogens with zero attached hydrogens (tertiary/aromatic N) is 1. The first-order valence-electron chi connectivity index (χ1n) is 13.4. The lowest BCUT2D eigenvalue weighted by Crippen LogP contribution is -2.16. The summed E-state index contributed by atoms with van der Waals surface area (Å²) in [5, 5.41) is 8.10. The van der Waals surface area contributed by atoms with Gasteiger partial charge in [0.15, 0.2) is 5.13 Å². The van der Waals surface area contributed by atoms with Gasteiger partial charge in [0.05, 0.1) is 28.5 Å². The number of thiazole rings is 1. The van der Waals surface area contributed by atoms with Crippen LogP contribution < -0.4 is 20.7 Å². The van der Waals surface area contributed by atoms with Crippen LogP contribution in [0.3, 0.4) is 0 Å². The molecule has 0 bridgehead atoms. The van der Waals surface area contributed by atoms with Gasteiger partial charge in [-0.1, -0.05) is 23.5 Å². The van der Waals surface area contributed by atoms with Crippen molar-refractivity contribution in [2.24, 2.45) is 0 Å². The minimum Gasteiger partial charge on any atom is -0.465 e. The molecule has 46 heavy (non-hydrogen) atoms. The van der Waals surface area contributed by atoms with Gasteiger partial charge in [-0.2, -0.15) is 13.2 Å². The van der Waals surface area contributed by atoms with Crippen LogP contribution in [0.5, 0.6) is 5.75 Å². The molecule has 3 amide bonds. The van der Waals surface area contributed by atoms with Gasteiger partial charge in [-0.15, -0.1) is 0 Å². The molecule has 14 heteroatoms. The number of carbonyl (C=O) groups is 4. The molecule has 0 aliphatic heterocycles. The van der Waals surface area contributed by atoms with E-state index in [9.17, 15) is 32.3 Å². The van der Waals surface area contributed by atoms with Crippen molar-refractivity contribution < 1.29 is 41.8 Å². The Morgan fingerprint density at radius 1 is 0.783 bits per heavy atom. The number of ether oxygens (including phenoxy) is 2. The highest BCUT2D eigenvalue weighted by atomic mass is 32.1. The maximum absolute atomic E-state index is 13.1. The number of fused-ring (bicyclic) bond motifs is 1. The Hall–Kier alpha value is -5.76. The zero-order chi connectivity index (χ0) is 33.0. The standard InChI is InChI=1S/C32H23F3N4O6S/c1-17-6-10-22(36-27(40)19-4-3-5-21(14-19)32(33,34)35)16-25(17)37-28(41)20-9-13-24-26(15-20)46-30(38-24)39-31(43)45-23-11-7-18(8-12-23)29(42)44-2/h3-16H,1-2H3,(H,36,40)(H,37,41)(H,38,39,43). The Balaban J connectivity index is 1.24. The third-order valence-electron chi connectivity index (χ3n) is 6.54. The van der Waals surface area contributed by atoms with E-state index in [0.717, 1.165) is 29.5 Å². The highest BCUT2D eigenvalue weighted by Crippen LogP contribution is 2.31. The molecule has 0 saturated heterocycles. The first kappa shape index (κ1) is 31.7. The quantitative estimate of drug-likeness (QED) is 0.155. The number of halogens is 3. The Labute approximate surface area is 263 Å². The lowest BCUT2D eigenvalue weighted by Gasteiger charge is -2.13. The third kappa shape index (κ3) is 7.47. The molecular formula is C32H23F3N4O6S. The number of aromatic nitrogens is 1. The van der Waals surface area contributed by atoms with Crippen LogP contribution in [-0.4, -0.2) is 36.0 Å². The number of alkyl halides is 3. The van der Waals surface area contributed by atoms with Gasteiger partial charge in [0.2, 0.25) is 0 Å². The maximum Gasteiger partial charge on any atom is 0.418 e. The number of carbonyl (C=O) groups excluding carboxylic acids is 4. The predicted molar refractivity (Wildman–Crippen MR) is 166 cm³/mol. The van der Waals surface area contributed by atoms with Crippen molar-refractivity contribution in [2.75, 3.05) is 23.1 Å². The van der Waals surface area contributed by atoms with E-state index < -0.39 is 35.6 Å². The number of anilines is 3. The van der Waals surface area contributed by atoms with E-state index in [4.69, 9.17) is 4.74 Å². The van der Waals surface area contributed by atoms with Crippen LogP contribution in [0.1, 0.15) is 42.2 Å². The Morgan fingerprint density at radius 2 is 1.48 bits per heavy atom. The molecule has 1 heterocycles. The monoisotopic (exact) mass is 648 g/mol. The molecule has 0 fully saturated rings. The van der Waals surface area contributed by atoms with E-state index in [0.29, 0.717) is 27.0 Å². The summed E-state index contributed by atoms with van der Waals surface area (Å²) in [5.74, 6) is -1.54. The van der Waals surface area contributed by atoms with Gasteiger partial charge in [-0.3, -0.25) is 14.9 Å². The Bertz CT molecular complexity index is 1980. The molecule has 0 aliphatic carbocycles. The number of methoxy groups -OCH3 is 1. The molecule has 0 spiro atoms. The summed E-state index contributed by atoms with van der Waals surface area (Å²) in [7, 11) is 1.26. The van der Waals surface area contributed by atoms with E-state index in [1.165, 1.54) is 43.5 Å². The largest absolute Gasteiger partial charge is 0.465 e. The Morgan fingerprint density at radius 3 is 2.20 bits per heavy atom. The van der Waals surface area contributed by atoms with Gasteiger partial charge in [0.25, 0.3) is 11.8 Å². The Kier molecular flexibility index (Phi) is 9.00. The number of hydrogen-bond donors (Lipinski definition) is 3. The summed E-state index contributed by atoms with van der Waals surface area (Å²) < 4.78 is 49.6. The third-order valence-corrected chi connectivity index (χ3v) is 7.47. The molecular weight excluding hydrogens is 625 g/mol. The molecule has 5 rings (SSSR count). The molecule has 4 aromatic carbocycles. The second-order valence-corrected chi connectivity index (χ2v) is 10.8. The zero-order valence-electron chi connectivity index (χ0n) is 24.0. The van der Waals surface area contributed by atoms with Crippen LogP contribution in [-0.2, 0) is 10.9 Å². The van der Waals surface area contributed by atoms with Crippen molar-refractivity contribution in [3.8, 4) is 5.75 Å². The van der Waals surface area contributed by atoms with Crippen LogP contribution in [0, 0.1) is 6.92 Å². The molecule has 0 atom stereocenters. The van der Waals surface area contributed by atoms with E-state index in [1.54, 1.807) is 37.3 Å². The predicted octanol–water partition coefficient (Wildman–Crippen LogP) is 7.53. The van der Waals surface area contributed by atoms with Crippen LogP contribution in [0.2, 0.25) is 0 Å². The minimum absolute atomic E-state index is 0.171. The minimum atomic E-state index is -4.59. The smallest absolute Gasteiger partial charge is 0.418 e. The fraction of sp³-hybridized carbons (Fsp3) is 0.0938. The van der Waals surface area contributed by atoms with Crippen molar-refractivity contribution in [3.63, 3.8) is 0 Å². The van der Waals surface area contributed by atoms with E-state index in [-0.39, 0.29) is 27.7 Å². The number of esters is 1. The topological polar surface area (TPSA) is 136 Å². The van der Waals surface area contributed by atoms with Gasteiger partial charge >= 0.3 is 18.2 Å². The summed E-state index contributed by atoms with van der Waals surface area (Å²) in [6.07, 6.45) is -5.40. The molecule has 3 N–H and O–H groups in total. The summed E-state index contributed by atoms with van der Waals surface area (Å²) >= 11 is 1.11. The average Bonchev–Trinajstić information content (AvgIpc) is 3.43. The lowest BCUT2D eigenvalue weighted by molar-refractivity contribution is -0.137. The average molecular weight is 649 g/mol. The molecule has 234 valence electrons. The summed E-state index contributed by atoms with van der Waals surface area (Å²) in [6.45, 7) is 1.74. The van der Waals surface area contributed by atoms with E-state index in [2.05, 4.69) is 25.7 Å². The second-order valence-electron chi connectivity index (χ2n) is 9.75. The number of benzene rings is 4. The molecule has 10 nitrogen and oxygen atoms in total. The highest BCUT2D eigenvalue weighted by Gasteiger charge is 2.31. The van der Waals surface area contributed by atoms with Gasteiger partial charge in [-0.05, 0) is 85.3 Å². The van der Waals surface area contributed by atoms with Crippen molar-refractivity contribution in [1.82, 2.24) is 4.98 Å². The summed E-state index contributed by atoms with van der Waals surface area (Å²) in [6, 6.07) is 19.3. The number of amides is 3.